The molecule has 1 aromatic carbocycles. The molecule has 0 radical (unpaired) electrons. The van der Waals surface area contributed by atoms with Gasteiger partial charge in [0, 0.05) is 30.5 Å². The Bertz CT molecular complexity index is 395. The molecule has 1 aromatic rings. The first-order chi connectivity index (χ1) is 8.34. The summed E-state index contributed by atoms with van der Waals surface area (Å²) < 4.78 is 43.3. The van der Waals surface area contributed by atoms with Crippen LogP contribution >= 0.6 is 11.6 Å². The predicted octanol–water partition coefficient (Wildman–Crippen LogP) is 4.20. The molecule has 1 atom stereocenters. The summed E-state index contributed by atoms with van der Waals surface area (Å²) in [6.45, 7) is 2.29. The van der Waals surface area contributed by atoms with E-state index in [1.165, 1.54) is 12.1 Å². The molecular weight excluding hydrogens is 267 g/mol. The lowest BCUT2D eigenvalue weighted by atomic mass is 10.1. The topological polar surface area (TPSA) is 21.3 Å². The number of alkyl halides is 3. The number of methoxy groups -OCH3 is 1. The van der Waals surface area contributed by atoms with E-state index >= 15 is 0 Å². The molecule has 18 heavy (non-hydrogen) atoms. The molecule has 0 bridgehead atoms. The molecule has 2 nitrogen and oxygen atoms in total. The molecule has 0 heterocycles. The second kappa shape index (κ2) is 6.29. The highest BCUT2D eigenvalue weighted by Gasteiger charge is 2.34. The van der Waals surface area contributed by atoms with Crippen LogP contribution in [-0.4, -0.2) is 19.8 Å². The van der Waals surface area contributed by atoms with Crippen LogP contribution in [0.2, 0.25) is 5.02 Å². The van der Waals surface area contributed by atoms with E-state index in [9.17, 15) is 13.2 Å². The summed E-state index contributed by atoms with van der Waals surface area (Å²) in [5.41, 5.74) is -0.713. The second-order valence-corrected chi connectivity index (χ2v) is 4.45. The van der Waals surface area contributed by atoms with Crippen LogP contribution in [0.25, 0.3) is 0 Å². The van der Waals surface area contributed by atoms with Gasteiger partial charge < -0.3 is 10.1 Å². The number of nitrogens with one attached hydrogen (secondary N) is 1. The minimum absolute atomic E-state index is 0.0375. The van der Waals surface area contributed by atoms with Crippen molar-refractivity contribution in [1.29, 1.82) is 0 Å². The van der Waals surface area contributed by atoms with Gasteiger partial charge in [-0.2, -0.15) is 13.2 Å². The van der Waals surface area contributed by atoms with Crippen LogP contribution in [0.15, 0.2) is 18.2 Å². The van der Waals surface area contributed by atoms with E-state index in [1.807, 2.05) is 0 Å². The molecule has 0 aliphatic rings. The zero-order valence-electron chi connectivity index (χ0n) is 10.1. The maximum Gasteiger partial charge on any atom is 0.418 e. The van der Waals surface area contributed by atoms with Crippen molar-refractivity contribution in [3.63, 3.8) is 0 Å². The third-order valence-electron chi connectivity index (χ3n) is 2.44. The van der Waals surface area contributed by atoms with E-state index in [2.05, 4.69) is 5.32 Å². The summed E-state index contributed by atoms with van der Waals surface area (Å²) in [6.07, 6.45) is -3.80. The fraction of sp³-hybridized carbons (Fsp3) is 0.500. The molecule has 1 unspecified atom stereocenters. The predicted molar refractivity (Wildman–Crippen MR) is 66.0 cm³/mol. The van der Waals surface area contributed by atoms with Crippen LogP contribution in [0.4, 0.5) is 18.9 Å². The lowest BCUT2D eigenvalue weighted by molar-refractivity contribution is -0.137. The van der Waals surface area contributed by atoms with Gasteiger partial charge in [-0.1, -0.05) is 11.6 Å². The van der Waals surface area contributed by atoms with Gasteiger partial charge in [0.05, 0.1) is 5.56 Å². The van der Waals surface area contributed by atoms with Crippen LogP contribution < -0.4 is 5.32 Å². The Morgan fingerprint density at radius 1 is 1.39 bits per heavy atom. The summed E-state index contributed by atoms with van der Waals surface area (Å²) in [4.78, 5) is 0. The van der Waals surface area contributed by atoms with Crippen molar-refractivity contribution in [1.82, 2.24) is 0 Å². The van der Waals surface area contributed by atoms with Crippen molar-refractivity contribution in [3.05, 3.63) is 28.8 Å². The van der Waals surface area contributed by atoms with E-state index in [0.29, 0.717) is 13.0 Å². The summed E-state index contributed by atoms with van der Waals surface area (Å²) in [5.74, 6) is 0. The molecule has 1 rings (SSSR count). The molecule has 0 aromatic heterocycles. The Labute approximate surface area is 109 Å². The summed E-state index contributed by atoms with van der Waals surface area (Å²) in [5, 5.41) is 2.89. The van der Waals surface area contributed by atoms with Crippen molar-refractivity contribution < 1.29 is 17.9 Å². The SMILES string of the molecule is COCCC(C)Nc1ccc(Cl)cc1C(F)(F)F. The van der Waals surface area contributed by atoms with Gasteiger partial charge in [-0.05, 0) is 31.5 Å². The minimum Gasteiger partial charge on any atom is -0.385 e. The highest BCUT2D eigenvalue weighted by atomic mass is 35.5. The van der Waals surface area contributed by atoms with E-state index in [-0.39, 0.29) is 16.8 Å². The van der Waals surface area contributed by atoms with Crippen LogP contribution in [0.1, 0.15) is 18.9 Å². The van der Waals surface area contributed by atoms with Gasteiger partial charge in [-0.15, -0.1) is 0 Å². The summed E-state index contributed by atoms with van der Waals surface area (Å²) >= 11 is 5.60. The number of anilines is 1. The highest BCUT2D eigenvalue weighted by molar-refractivity contribution is 6.30. The van der Waals surface area contributed by atoms with Crippen LogP contribution in [0.5, 0.6) is 0 Å². The Hall–Kier alpha value is -0.940. The number of benzene rings is 1. The van der Waals surface area contributed by atoms with Crippen LogP contribution in [0.3, 0.4) is 0 Å². The first-order valence-electron chi connectivity index (χ1n) is 5.47. The maximum atomic E-state index is 12.8. The van der Waals surface area contributed by atoms with E-state index in [4.69, 9.17) is 16.3 Å². The van der Waals surface area contributed by atoms with Gasteiger partial charge >= 0.3 is 6.18 Å². The zero-order valence-corrected chi connectivity index (χ0v) is 10.9. The van der Waals surface area contributed by atoms with Crippen molar-refractivity contribution in [2.75, 3.05) is 19.0 Å². The van der Waals surface area contributed by atoms with Gasteiger partial charge in [0.1, 0.15) is 0 Å². The van der Waals surface area contributed by atoms with E-state index in [1.54, 1.807) is 14.0 Å². The Morgan fingerprint density at radius 3 is 2.61 bits per heavy atom. The van der Waals surface area contributed by atoms with Crippen LogP contribution in [-0.2, 0) is 10.9 Å². The van der Waals surface area contributed by atoms with Crippen molar-refractivity contribution in [3.8, 4) is 0 Å². The molecule has 1 N–H and O–H groups in total. The highest BCUT2D eigenvalue weighted by Crippen LogP contribution is 2.36. The fourth-order valence-electron chi connectivity index (χ4n) is 1.51. The molecule has 0 saturated carbocycles. The maximum absolute atomic E-state index is 12.8. The third kappa shape index (κ3) is 4.38. The van der Waals surface area contributed by atoms with Crippen molar-refractivity contribution in [2.45, 2.75) is 25.6 Å². The number of halogens is 4. The average Bonchev–Trinajstić information content (AvgIpc) is 2.27. The fourth-order valence-corrected chi connectivity index (χ4v) is 1.68. The van der Waals surface area contributed by atoms with Crippen molar-refractivity contribution in [2.24, 2.45) is 0 Å². The molecule has 0 spiro atoms. The van der Waals surface area contributed by atoms with Crippen molar-refractivity contribution >= 4 is 17.3 Å². The molecule has 0 fully saturated rings. The smallest absolute Gasteiger partial charge is 0.385 e. The molecule has 0 saturated heterocycles. The largest absolute Gasteiger partial charge is 0.418 e. The minimum atomic E-state index is -4.42. The van der Waals surface area contributed by atoms with Crippen LogP contribution in [0, 0.1) is 0 Å². The Kier molecular flexibility index (Phi) is 5.28. The Morgan fingerprint density at radius 2 is 2.06 bits per heavy atom. The lowest BCUT2D eigenvalue weighted by Gasteiger charge is -2.19. The van der Waals surface area contributed by atoms with Gasteiger partial charge in [0.25, 0.3) is 0 Å². The molecule has 0 aliphatic carbocycles. The van der Waals surface area contributed by atoms with Gasteiger partial charge in [-0.3, -0.25) is 0 Å². The first kappa shape index (κ1) is 15.1. The standard InChI is InChI=1S/C12H15ClF3NO/c1-8(5-6-18-2)17-11-4-3-9(13)7-10(11)12(14,15)16/h3-4,7-8,17H,5-6H2,1-2H3. The van der Waals surface area contributed by atoms with Gasteiger partial charge in [0.2, 0.25) is 0 Å². The Balaban J connectivity index is 2.88. The van der Waals surface area contributed by atoms with E-state index in [0.717, 1.165) is 6.07 Å². The lowest BCUT2D eigenvalue weighted by Crippen LogP contribution is -2.20. The molecule has 0 amide bonds. The van der Waals surface area contributed by atoms with E-state index < -0.39 is 11.7 Å². The second-order valence-electron chi connectivity index (χ2n) is 4.01. The average molecular weight is 282 g/mol. The quantitative estimate of drug-likeness (QED) is 0.873. The molecule has 6 heteroatoms. The van der Waals surface area contributed by atoms with Gasteiger partial charge in [0.15, 0.2) is 0 Å². The number of hydrogen-bond acceptors (Lipinski definition) is 2. The summed E-state index contributed by atoms with van der Waals surface area (Å²) in [7, 11) is 1.55. The third-order valence-corrected chi connectivity index (χ3v) is 2.68. The summed E-state index contributed by atoms with van der Waals surface area (Å²) in [6, 6.07) is 3.58. The zero-order chi connectivity index (χ0) is 13.8. The van der Waals surface area contributed by atoms with Gasteiger partial charge in [-0.25, -0.2) is 0 Å². The molecular formula is C12H15ClF3NO. The number of hydrogen-bond donors (Lipinski definition) is 1. The number of rotatable bonds is 5. The molecule has 102 valence electrons. The number of ether oxygens (including phenoxy) is 1. The molecule has 0 aliphatic heterocycles. The normalized spacial score (nSPS) is 13.4. The monoisotopic (exact) mass is 281 g/mol. The first-order valence-corrected chi connectivity index (χ1v) is 5.84.